The Morgan fingerprint density at radius 2 is 2.08 bits per heavy atom. The lowest BCUT2D eigenvalue weighted by molar-refractivity contribution is -0.136. The number of aromatic nitrogens is 3. The molecule has 0 radical (unpaired) electrons. The molecule has 128 valence electrons. The fraction of sp³-hybridized carbons (Fsp3) is 0.118. The molecule has 6 nitrogen and oxygen atoms in total. The highest BCUT2D eigenvalue weighted by Crippen LogP contribution is 2.30. The Labute approximate surface area is 153 Å². The second-order valence-corrected chi connectivity index (χ2v) is 5.83. The molecule has 0 bridgehead atoms. The van der Waals surface area contributed by atoms with E-state index in [-0.39, 0.29) is 33.7 Å². The van der Waals surface area contributed by atoms with Crippen LogP contribution in [0.4, 0.5) is 0 Å². The molecular weight excluding hydrogens is 365 g/mol. The Hall–Kier alpha value is -2.57. The summed E-state index contributed by atoms with van der Waals surface area (Å²) in [6.45, 7) is 1.81. The van der Waals surface area contributed by atoms with Gasteiger partial charge in [0.25, 0.3) is 0 Å². The second-order valence-electron chi connectivity index (χ2n) is 5.03. The summed E-state index contributed by atoms with van der Waals surface area (Å²) < 4.78 is 5.05. The third kappa shape index (κ3) is 3.45. The molecule has 25 heavy (non-hydrogen) atoms. The van der Waals surface area contributed by atoms with Gasteiger partial charge < -0.3 is 14.8 Å². The number of hydrogen-bond acceptors (Lipinski definition) is 5. The topological polar surface area (TPSA) is 88.1 Å². The molecular formula is C17H13Cl2N3O3. The van der Waals surface area contributed by atoms with E-state index < -0.39 is 11.7 Å². The van der Waals surface area contributed by atoms with E-state index in [2.05, 4.69) is 15.0 Å². The van der Waals surface area contributed by atoms with Crippen LogP contribution in [0.5, 0.6) is 0 Å². The van der Waals surface area contributed by atoms with E-state index in [4.69, 9.17) is 27.9 Å². The number of pyridine rings is 1. The summed E-state index contributed by atoms with van der Waals surface area (Å²) in [7, 11) is 0. The molecule has 0 amide bonds. The molecule has 0 fully saturated rings. The highest BCUT2D eigenvalue weighted by Gasteiger charge is 2.25. The summed E-state index contributed by atoms with van der Waals surface area (Å²) in [5, 5.41) is 11.0. The number of nitrogens with zero attached hydrogens (tertiary/aromatic N) is 2. The highest BCUT2D eigenvalue weighted by atomic mass is 35.5. The van der Waals surface area contributed by atoms with Crippen LogP contribution >= 0.6 is 23.2 Å². The van der Waals surface area contributed by atoms with Crippen molar-refractivity contribution < 1.29 is 14.6 Å². The van der Waals surface area contributed by atoms with Crippen molar-refractivity contribution in [2.75, 3.05) is 6.61 Å². The van der Waals surface area contributed by atoms with Gasteiger partial charge in [0.05, 0.1) is 28.2 Å². The van der Waals surface area contributed by atoms with Crippen molar-refractivity contribution >= 4 is 51.5 Å². The first-order valence-corrected chi connectivity index (χ1v) is 8.13. The number of hydrogen-bond donors (Lipinski definition) is 2. The van der Waals surface area contributed by atoms with Crippen LogP contribution in [0, 0.1) is 0 Å². The maximum Gasteiger partial charge on any atom is 0.345 e. The van der Waals surface area contributed by atoms with Gasteiger partial charge in [-0.1, -0.05) is 35.3 Å². The quantitative estimate of drug-likeness (QED) is 0.307. The first kappa shape index (κ1) is 17.3. The Bertz CT molecular complexity index is 949. The molecule has 0 spiro atoms. The molecule has 0 unspecified atom stereocenters. The fourth-order valence-corrected chi connectivity index (χ4v) is 2.75. The van der Waals surface area contributed by atoms with E-state index >= 15 is 0 Å². The zero-order chi connectivity index (χ0) is 18.0. The van der Waals surface area contributed by atoms with Gasteiger partial charge in [0.1, 0.15) is 22.3 Å². The van der Waals surface area contributed by atoms with Crippen molar-refractivity contribution in [2.45, 2.75) is 6.92 Å². The summed E-state index contributed by atoms with van der Waals surface area (Å²) in [5.41, 5.74) is 1.37. The normalized spacial score (nSPS) is 12.1. The molecule has 0 aliphatic heterocycles. The largest absolute Gasteiger partial charge is 0.506 e. The molecule has 0 aliphatic rings. The number of fused-ring (bicyclic) bond motifs is 1. The van der Waals surface area contributed by atoms with E-state index in [0.717, 1.165) is 0 Å². The van der Waals surface area contributed by atoms with E-state index in [1.165, 1.54) is 12.3 Å². The third-order valence-electron chi connectivity index (χ3n) is 3.42. The minimum atomic E-state index is -0.731. The number of aromatic amines is 1. The van der Waals surface area contributed by atoms with E-state index in [1.807, 2.05) is 18.2 Å². The van der Waals surface area contributed by atoms with E-state index in [9.17, 15) is 9.90 Å². The van der Waals surface area contributed by atoms with Gasteiger partial charge in [-0.25, -0.2) is 14.8 Å². The summed E-state index contributed by atoms with van der Waals surface area (Å²) in [4.78, 5) is 23.7. The Morgan fingerprint density at radius 1 is 1.32 bits per heavy atom. The van der Waals surface area contributed by atoms with Crippen molar-refractivity contribution in [3.05, 3.63) is 58.1 Å². The maximum atomic E-state index is 12.4. The fourth-order valence-electron chi connectivity index (χ4n) is 2.30. The number of para-hydroxylation sites is 2. The monoisotopic (exact) mass is 377 g/mol. The van der Waals surface area contributed by atoms with Crippen molar-refractivity contribution in [2.24, 2.45) is 0 Å². The van der Waals surface area contributed by atoms with Gasteiger partial charge >= 0.3 is 5.97 Å². The number of carbonyl (C=O) groups excluding carboxylic acids is 1. The number of imidazole rings is 1. The number of nitrogens with one attached hydrogen (secondary N) is 1. The molecule has 2 N–H and O–H groups in total. The SMILES string of the molecule is CCOC(=O)C(=C(O)c1cnc(Cl)cc1Cl)c1nc2ccccc2[nH]1. The maximum absolute atomic E-state index is 12.4. The Morgan fingerprint density at radius 3 is 2.76 bits per heavy atom. The van der Waals surface area contributed by atoms with Crippen LogP contribution in [-0.4, -0.2) is 32.6 Å². The zero-order valence-electron chi connectivity index (χ0n) is 13.1. The van der Waals surface area contributed by atoms with Crippen molar-refractivity contribution in [3.8, 4) is 0 Å². The number of ether oxygens (including phenoxy) is 1. The van der Waals surface area contributed by atoms with Crippen LogP contribution in [0.25, 0.3) is 22.4 Å². The van der Waals surface area contributed by atoms with Crippen LogP contribution in [0.15, 0.2) is 36.5 Å². The minimum Gasteiger partial charge on any atom is -0.506 e. The lowest BCUT2D eigenvalue weighted by atomic mass is 10.1. The number of benzene rings is 1. The molecule has 8 heteroatoms. The van der Waals surface area contributed by atoms with Crippen LogP contribution in [0.3, 0.4) is 0 Å². The minimum absolute atomic E-state index is 0.135. The smallest absolute Gasteiger partial charge is 0.345 e. The number of halogens is 2. The number of esters is 1. The Kier molecular flexibility index (Phi) is 4.92. The molecule has 2 aromatic heterocycles. The van der Waals surface area contributed by atoms with Crippen molar-refractivity contribution in [1.29, 1.82) is 0 Å². The number of aliphatic hydroxyl groups excluding tert-OH is 1. The van der Waals surface area contributed by atoms with Crippen LogP contribution in [0.2, 0.25) is 10.2 Å². The highest BCUT2D eigenvalue weighted by molar-refractivity contribution is 6.35. The lowest BCUT2D eigenvalue weighted by Crippen LogP contribution is -2.11. The van der Waals surface area contributed by atoms with Gasteiger partial charge in [-0.3, -0.25) is 0 Å². The molecule has 3 rings (SSSR count). The molecule has 2 heterocycles. The lowest BCUT2D eigenvalue weighted by Gasteiger charge is -2.09. The predicted molar refractivity (Wildman–Crippen MR) is 96.4 cm³/mol. The summed E-state index contributed by atoms with van der Waals surface area (Å²) >= 11 is 11.9. The standard InChI is InChI=1S/C17H13Cl2N3O3/c1-2-25-17(24)14(15(23)9-8-20-13(19)7-10(9)18)16-21-11-5-3-4-6-12(11)22-16/h3-8,23H,2H2,1H3,(H,21,22). The molecule has 1 aromatic carbocycles. The van der Waals surface area contributed by atoms with Gasteiger partial charge in [0, 0.05) is 6.20 Å². The predicted octanol–water partition coefficient (Wildman–Crippen LogP) is 4.25. The number of rotatable bonds is 4. The van der Waals surface area contributed by atoms with E-state index in [1.54, 1.807) is 13.0 Å². The van der Waals surface area contributed by atoms with Crippen LogP contribution in [0.1, 0.15) is 18.3 Å². The van der Waals surface area contributed by atoms with Gasteiger partial charge in [0.15, 0.2) is 0 Å². The van der Waals surface area contributed by atoms with Crippen molar-refractivity contribution in [1.82, 2.24) is 15.0 Å². The second kappa shape index (κ2) is 7.13. The van der Waals surface area contributed by atoms with Gasteiger partial charge in [-0.05, 0) is 25.1 Å². The summed E-state index contributed by atoms with van der Waals surface area (Å²) in [6, 6.07) is 8.61. The number of H-pyrrole nitrogens is 1. The average molecular weight is 378 g/mol. The average Bonchev–Trinajstić information content (AvgIpc) is 2.98. The third-order valence-corrected chi connectivity index (χ3v) is 3.94. The Balaban J connectivity index is 2.21. The van der Waals surface area contributed by atoms with E-state index in [0.29, 0.717) is 11.0 Å². The molecule has 3 aromatic rings. The van der Waals surface area contributed by atoms with Crippen LogP contribution in [-0.2, 0) is 9.53 Å². The summed E-state index contributed by atoms with van der Waals surface area (Å²) in [6.07, 6.45) is 1.28. The molecule has 0 saturated carbocycles. The first-order chi connectivity index (χ1) is 12.0. The summed E-state index contributed by atoms with van der Waals surface area (Å²) in [5.74, 6) is -0.958. The zero-order valence-corrected chi connectivity index (χ0v) is 14.6. The molecule has 0 atom stereocenters. The van der Waals surface area contributed by atoms with Crippen LogP contribution < -0.4 is 0 Å². The molecule has 0 saturated heterocycles. The van der Waals surface area contributed by atoms with Crippen molar-refractivity contribution in [3.63, 3.8) is 0 Å². The first-order valence-electron chi connectivity index (χ1n) is 7.38. The van der Waals surface area contributed by atoms with Gasteiger partial charge in [-0.2, -0.15) is 0 Å². The number of aliphatic hydroxyl groups is 1. The molecule has 0 aliphatic carbocycles. The van der Waals surface area contributed by atoms with Gasteiger partial charge in [-0.15, -0.1) is 0 Å². The van der Waals surface area contributed by atoms with Gasteiger partial charge in [0.2, 0.25) is 0 Å². The number of carbonyl (C=O) groups is 1.